The van der Waals surface area contributed by atoms with Gasteiger partial charge in [0.2, 0.25) is 0 Å². The lowest BCUT2D eigenvalue weighted by atomic mass is 9.98. The molecule has 0 saturated heterocycles. The molecular weight excluding hydrogens is 428 g/mol. The van der Waals surface area contributed by atoms with Crippen LogP contribution in [0.3, 0.4) is 0 Å². The summed E-state index contributed by atoms with van der Waals surface area (Å²) in [4.78, 5) is 12.5. The molecule has 0 spiro atoms. The first-order chi connectivity index (χ1) is 16.7. The first-order valence-electron chi connectivity index (χ1n) is 11.9. The number of fused-ring (bicyclic) bond motifs is 4. The van der Waals surface area contributed by atoms with E-state index >= 15 is 0 Å². The standard InChI is InChI=1S/C28H30N2O4/c1-2-32-14-13-29-20-11-12-27-19(15-20)16-21(34-27)17-30-28(31)33-18-26-24-9-5-3-7-22(24)23-8-4-6-10-25(23)26/h3-12,15,21,26,29H,2,13-14,16-18H2,1H3,(H,30,31). The summed E-state index contributed by atoms with van der Waals surface area (Å²) in [6, 6.07) is 22.7. The normalized spacial score (nSPS) is 15.7. The number of hydrogen-bond donors (Lipinski definition) is 2. The monoisotopic (exact) mass is 458 g/mol. The molecule has 2 aliphatic rings. The summed E-state index contributed by atoms with van der Waals surface area (Å²) < 4.78 is 17.0. The van der Waals surface area contributed by atoms with Gasteiger partial charge < -0.3 is 24.8 Å². The Morgan fingerprint density at radius 2 is 1.76 bits per heavy atom. The van der Waals surface area contributed by atoms with Crippen molar-refractivity contribution in [2.45, 2.75) is 25.4 Å². The lowest BCUT2D eigenvalue weighted by Crippen LogP contribution is -2.35. The molecule has 3 aromatic carbocycles. The van der Waals surface area contributed by atoms with E-state index < -0.39 is 6.09 Å². The predicted molar refractivity (Wildman–Crippen MR) is 133 cm³/mol. The van der Waals surface area contributed by atoms with E-state index in [1.54, 1.807) is 0 Å². The van der Waals surface area contributed by atoms with E-state index in [1.165, 1.54) is 22.3 Å². The smallest absolute Gasteiger partial charge is 0.407 e. The minimum atomic E-state index is -0.417. The van der Waals surface area contributed by atoms with Crippen LogP contribution in [-0.4, -0.2) is 45.1 Å². The summed E-state index contributed by atoms with van der Waals surface area (Å²) in [6.07, 6.45) is 0.230. The third-order valence-electron chi connectivity index (χ3n) is 6.40. The Bertz CT molecular complexity index is 1120. The molecule has 1 aliphatic heterocycles. The topological polar surface area (TPSA) is 68.8 Å². The van der Waals surface area contributed by atoms with Crippen LogP contribution in [0.1, 0.15) is 29.5 Å². The molecular formula is C28H30N2O4. The lowest BCUT2D eigenvalue weighted by molar-refractivity contribution is 0.136. The van der Waals surface area contributed by atoms with E-state index in [0.717, 1.165) is 36.6 Å². The third kappa shape index (κ3) is 4.73. The molecule has 0 aromatic heterocycles. The molecule has 1 heterocycles. The van der Waals surface area contributed by atoms with Crippen LogP contribution in [0.4, 0.5) is 10.5 Å². The Labute approximate surface area is 200 Å². The number of rotatable bonds is 9. The maximum atomic E-state index is 12.5. The minimum absolute atomic E-state index is 0.0544. The van der Waals surface area contributed by atoms with Crippen molar-refractivity contribution in [3.05, 3.63) is 83.4 Å². The van der Waals surface area contributed by atoms with Crippen LogP contribution < -0.4 is 15.4 Å². The van der Waals surface area contributed by atoms with Crippen molar-refractivity contribution in [3.8, 4) is 16.9 Å². The minimum Gasteiger partial charge on any atom is -0.488 e. The van der Waals surface area contributed by atoms with Crippen molar-refractivity contribution in [1.29, 1.82) is 0 Å². The van der Waals surface area contributed by atoms with Gasteiger partial charge in [-0.25, -0.2) is 4.79 Å². The number of carbonyl (C=O) groups is 1. The van der Waals surface area contributed by atoms with E-state index in [0.29, 0.717) is 19.8 Å². The van der Waals surface area contributed by atoms with Gasteiger partial charge in [0.25, 0.3) is 0 Å². The number of ether oxygens (including phenoxy) is 3. The Morgan fingerprint density at radius 1 is 1.03 bits per heavy atom. The molecule has 1 atom stereocenters. The molecule has 6 heteroatoms. The summed E-state index contributed by atoms with van der Waals surface area (Å²) in [7, 11) is 0. The SMILES string of the molecule is CCOCCNc1ccc2c(c1)CC(CNC(=O)OCC1c3ccccc3-c3ccccc31)O2. The average molecular weight is 459 g/mol. The van der Waals surface area contributed by atoms with Gasteiger partial charge in [-0.2, -0.15) is 0 Å². The van der Waals surface area contributed by atoms with Crippen LogP contribution in [0.15, 0.2) is 66.7 Å². The van der Waals surface area contributed by atoms with Crippen LogP contribution in [0, 0.1) is 0 Å². The fraction of sp³-hybridized carbons (Fsp3) is 0.321. The fourth-order valence-electron chi connectivity index (χ4n) is 4.80. The van der Waals surface area contributed by atoms with Gasteiger partial charge in [-0.3, -0.25) is 0 Å². The van der Waals surface area contributed by atoms with Crippen molar-refractivity contribution in [3.63, 3.8) is 0 Å². The zero-order valence-corrected chi connectivity index (χ0v) is 19.4. The number of nitrogens with one attached hydrogen (secondary N) is 2. The van der Waals surface area contributed by atoms with Gasteiger partial charge in [0.1, 0.15) is 18.5 Å². The number of carbonyl (C=O) groups excluding carboxylic acids is 1. The van der Waals surface area contributed by atoms with E-state index in [9.17, 15) is 4.79 Å². The molecule has 0 bridgehead atoms. The van der Waals surface area contributed by atoms with Gasteiger partial charge in [0.05, 0.1) is 13.2 Å². The number of amides is 1. The summed E-state index contributed by atoms with van der Waals surface area (Å²) in [5.41, 5.74) is 7.04. The maximum absolute atomic E-state index is 12.5. The average Bonchev–Trinajstić information content (AvgIpc) is 3.42. The molecule has 0 saturated carbocycles. The molecule has 0 fully saturated rings. The highest BCUT2D eigenvalue weighted by molar-refractivity contribution is 5.79. The van der Waals surface area contributed by atoms with Crippen LogP contribution in [0.2, 0.25) is 0 Å². The van der Waals surface area contributed by atoms with E-state index in [4.69, 9.17) is 14.2 Å². The second-order valence-electron chi connectivity index (χ2n) is 8.60. The first kappa shape index (κ1) is 22.3. The van der Waals surface area contributed by atoms with E-state index in [-0.39, 0.29) is 12.0 Å². The Balaban J connectivity index is 1.11. The Kier molecular flexibility index (Phi) is 6.67. The molecule has 1 amide bonds. The van der Waals surface area contributed by atoms with Crippen molar-refractivity contribution >= 4 is 11.8 Å². The third-order valence-corrected chi connectivity index (χ3v) is 6.40. The van der Waals surface area contributed by atoms with Crippen LogP contribution in [0.5, 0.6) is 5.75 Å². The van der Waals surface area contributed by atoms with Crippen molar-refractivity contribution < 1.29 is 19.0 Å². The molecule has 6 nitrogen and oxygen atoms in total. The quantitative estimate of drug-likeness (QED) is 0.443. The lowest BCUT2D eigenvalue weighted by Gasteiger charge is -2.16. The van der Waals surface area contributed by atoms with Gasteiger partial charge in [0, 0.05) is 31.2 Å². The fourth-order valence-corrected chi connectivity index (χ4v) is 4.80. The molecule has 1 aliphatic carbocycles. The number of hydrogen-bond acceptors (Lipinski definition) is 5. The maximum Gasteiger partial charge on any atom is 0.407 e. The van der Waals surface area contributed by atoms with Crippen molar-refractivity contribution in [1.82, 2.24) is 5.32 Å². The van der Waals surface area contributed by atoms with Gasteiger partial charge in [0.15, 0.2) is 0 Å². The van der Waals surface area contributed by atoms with Crippen molar-refractivity contribution in [2.75, 3.05) is 38.2 Å². The first-order valence-corrected chi connectivity index (χ1v) is 11.9. The van der Waals surface area contributed by atoms with Gasteiger partial charge >= 0.3 is 6.09 Å². The molecule has 34 heavy (non-hydrogen) atoms. The Morgan fingerprint density at radius 3 is 2.50 bits per heavy atom. The highest BCUT2D eigenvalue weighted by Crippen LogP contribution is 2.44. The van der Waals surface area contributed by atoms with E-state index in [2.05, 4.69) is 41.0 Å². The molecule has 5 rings (SSSR count). The highest BCUT2D eigenvalue weighted by Gasteiger charge is 2.29. The predicted octanol–water partition coefficient (Wildman–Crippen LogP) is 4.98. The van der Waals surface area contributed by atoms with Crippen LogP contribution >= 0.6 is 0 Å². The van der Waals surface area contributed by atoms with Gasteiger partial charge in [-0.05, 0) is 52.9 Å². The summed E-state index contributed by atoms with van der Waals surface area (Å²) >= 11 is 0. The van der Waals surface area contributed by atoms with Crippen LogP contribution in [-0.2, 0) is 15.9 Å². The molecule has 0 radical (unpaired) electrons. The molecule has 3 aromatic rings. The highest BCUT2D eigenvalue weighted by atomic mass is 16.5. The Hall–Kier alpha value is -3.51. The number of alkyl carbamates (subject to hydrolysis) is 1. The van der Waals surface area contributed by atoms with Crippen LogP contribution in [0.25, 0.3) is 11.1 Å². The van der Waals surface area contributed by atoms with E-state index in [1.807, 2.05) is 43.3 Å². The molecule has 176 valence electrons. The second-order valence-corrected chi connectivity index (χ2v) is 8.60. The summed E-state index contributed by atoms with van der Waals surface area (Å²) in [5.74, 6) is 0.925. The zero-order chi connectivity index (χ0) is 23.3. The number of benzene rings is 3. The van der Waals surface area contributed by atoms with Gasteiger partial charge in [-0.1, -0.05) is 48.5 Å². The molecule has 2 N–H and O–H groups in total. The van der Waals surface area contributed by atoms with Crippen molar-refractivity contribution in [2.24, 2.45) is 0 Å². The second kappa shape index (κ2) is 10.2. The molecule has 1 unspecified atom stereocenters. The van der Waals surface area contributed by atoms with Gasteiger partial charge in [-0.15, -0.1) is 0 Å². The number of anilines is 1. The zero-order valence-electron chi connectivity index (χ0n) is 19.4. The summed E-state index contributed by atoms with van der Waals surface area (Å²) in [5, 5.41) is 6.24. The summed E-state index contributed by atoms with van der Waals surface area (Å²) in [6.45, 7) is 4.86. The largest absolute Gasteiger partial charge is 0.488 e.